The first-order valence-corrected chi connectivity index (χ1v) is 37.5. The van der Waals surface area contributed by atoms with Crippen LogP contribution in [0.1, 0.15) is 103 Å². The van der Waals surface area contributed by atoms with Crippen molar-refractivity contribution in [1.82, 2.24) is 65.0 Å². The standard InChI is InChI=1S/C9H9F3N4S.C8H7F3N4S.5C8H10.C7H10N2O.C4H5IN2.C4H8O.C3H3IN2.C2H6N2S/c1-13-8-15-6(5-3-14-16(2)4-5)7(17-8)9(10,11)12;1-12-7-15-5(4-2-13-14-3-4)6(16-7)8(9,10)11;5*1-2-8-6-4-3-5-7-8;1-3-7(10)6-4-8-9(2)5-6;1-7-3-4(5)2-6-7;1-3-4-5-2;4-3-1-5-6-2-3;1-4-2(3)5/h3-4H,1-2H3,(H,13,15);2-3H,1H3,(H,12,15)(H,13,14);5*3-7H,2H2,1H3;4-5H,3H2,1-2H3;2-3H,1H3;3-4H,1-2H3;1-2H,(H,5,6);1H3,(H3,3,4,5)/b;;;;;;;;;4-3-;;. The molecule has 7 N–H and O–H groups in total. The van der Waals surface area contributed by atoms with Gasteiger partial charge >= 0.3 is 12.4 Å². The molecule has 7 aromatic heterocycles. The Hall–Kier alpha value is -9.05. The molecule has 29 heteroatoms. The highest BCUT2D eigenvalue weighted by atomic mass is 127. The van der Waals surface area contributed by atoms with E-state index in [-0.39, 0.29) is 27.4 Å². The van der Waals surface area contributed by atoms with Crippen molar-refractivity contribution >= 4 is 101 Å². The van der Waals surface area contributed by atoms with Crippen LogP contribution in [0.25, 0.3) is 22.5 Å². The van der Waals surface area contributed by atoms with Gasteiger partial charge in [-0.05, 0) is 124 Å². The number of hydrogen-bond acceptors (Lipinski definition) is 14. The molecule has 0 atom stereocenters. The van der Waals surface area contributed by atoms with Gasteiger partial charge in [-0.3, -0.25) is 29.0 Å². The number of aromatic nitrogens is 12. The van der Waals surface area contributed by atoms with Crippen LogP contribution in [0.4, 0.5) is 36.6 Å². The fourth-order valence-corrected chi connectivity index (χ4v) is 10.1. The van der Waals surface area contributed by atoms with Crippen molar-refractivity contribution in [2.45, 2.75) is 99.3 Å². The maximum atomic E-state index is 12.8. The van der Waals surface area contributed by atoms with Crippen LogP contribution >= 0.6 is 80.1 Å². The molecule has 12 aromatic rings. The number of nitrogens with one attached hydrogen (secondary N) is 5. The highest BCUT2D eigenvalue weighted by molar-refractivity contribution is 14.1. The number of ether oxygens (including phenoxy) is 1. The lowest BCUT2D eigenvalue weighted by atomic mass is 10.2. The Morgan fingerprint density at radius 3 is 1.08 bits per heavy atom. The number of rotatable bonds is 12. The fourth-order valence-electron chi connectivity index (χ4n) is 7.65. The lowest BCUT2D eigenvalue weighted by Gasteiger charge is -2.03. The molecule has 0 amide bonds. The van der Waals surface area contributed by atoms with E-state index in [9.17, 15) is 31.1 Å². The van der Waals surface area contributed by atoms with Gasteiger partial charge in [-0.15, -0.1) is 0 Å². The van der Waals surface area contributed by atoms with E-state index in [1.165, 1.54) is 75.0 Å². The zero-order valence-electron chi connectivity index (χ0n) is 62.2. The molecule has 0 saturated heterocycles. The first kappa shape index (κ1) is 95.0. The predicted octanol–water partition coefficient (Wildman–Crippen LogP) is 20.1. The quantitative estimate of drug-likeness (QED) is 0.0220. The van der Waals surface area contributed by atoms with Crippen LogP contribution < -0.4 is 21.7 Å². The van der Waals surface area contributed by atoms with Gasteiger partial charge in [-0.1, -0.05) is 222 Å². The Morgan fingerprint density at radius 2 is 0.877 bits per heavy atom. The van der Waals surface area contributed by atoms with E-state index in [2.05, 4.69) is 280 Å². The number of ketones is 1. The van der Waals surface area contributed by atoms with Crippen LogP contribution in [0, 0.1) is 7.14 Å². The van der Waals surface area contributed by atoms with Gasteiger partial charge in [-0.2, -0.15) is 51.8 Å². The van der Waals surface area contributed by atoms with E-state index in [1.807, 2.05) is 75.9 Å². The SMILES string of the molecule is C/C=C\OC.CCC(=O)c1cnn(C)c1.CCc1ccccc1.CCc1ccccc1.CCc1ccccc1.CCc1ccccc1.CCc1ccccc1.CNC(N)=S.CNc1nc(-c2cn[nH]c2)c(C(F)(F)F)s1.CNc1nc(-c2cnn(C)c2)c(C(F)(F)F)s1.Cn1cc(I)cn1.Ic1cn[nH]c1. The first-order valence-electron chi connectivity index (χ1n) is 33.3. The van der Waals surface area contributed by atoms with Crippen LogP contribution in [0.3, 0.4) is 0 Å². The molecule has 0 aliphatic heterocycles. The number of aryl methyl sites for hydroxylation is 8. The number of carbonyl (C=O) groups is 1. The van der Waals surface area contributed by atoms with E-state index in [0.717, 1.165) is 35.7 Å². The first-order chi connectivity index (χ1) is 50.7. The summed E-state index contributed by atoms with van der Waals surface area (Å²) >= 11 is 9.92. The average Bonchev–Trinajstić information content (AvgIpc) is 1.66. The number of benzene rings is 5. The third-order valence-electron chi connectivity index (χ3n) is 13.2. The number of thiocarbonyl (C=S) groups is 1. The molecule has 0 aliphatic rings. The molecule has 12 rings (SSSR count). The molecule has 0 radical (unpaired) electrons. The molecule has 7 heterocycles. The summed E-state index contributed by atoms with van der Waals surface area (Å²) in [5, 5.41) is 32.6. The molecule has 0 aliphatic carbocycles. The minimum atomic E-state index is -4.40. The van der Waals surface area contributed by atoms with Crippen molar-refractivity contribution in [3.8, 4) is 22.5 Å². The minimum absolute atomic E-state index is 0.0834. The van der Waals surface area contributed by atoms with Gasteiger partial charge in [0.05, 0.1) is 68.4 Å². The van der Waals surface area contributed by atoms with Gasteiger partial charge in [0.1, 0.15) is 9.75 Å². The Labute approximate surface area is 660 Å². The maximum absolute atomic E-state index is 12.8. The van der Waals surface area contributed by atoms with Gasteiger partial charge in [-0.25, -0.2) is 9.97 Å². The van der Waals surface area contributed by atoms with E-state index in [4.69, 9.17) is 5.73 Å². The third kappa shape index (κ3) is 42.8. The van der Waals surface area contributed by atoms with Crippen molar-refractivity contribution < 1.29 is 35.9 Å². The molecule has 0 fully saturated rings. The molecule has 572 valence electrons. The second-order valence-electron chi connectivity index (χ2n) is 21.2. The molecule has 0 unspecified atom stereocenters. The molecule has 5 aromatic carbocycles. The van der Waals surface area contributed by atoms with Gasteiger partial charge in [0.25, 0.3) is 0 Å². The second kappa shape index (κ2) is 56.3. The van der Waals surface area contributed by atoms with Crippen molar-refractivity contribution in [3.63, 3.8) is 0 Å². The van der Waals surface area contributed by atoms with E-state index >= 15 is 0 Å². The number of thiazole rings is 2. The Bertz CT molecular complexity index is 3890. The summed E-state index contributed by atoms with van der Waals surface area (Å²) in [5.41, 5.74) is 13.2. The number of H-pyrrole nitrogens is 2. The fraction of sp³-hybridized carbons (Fsp3) is 0.286. The minimum Gasteiger partial charge on any atom is -0.505 e. The van der Waals surface area contributed by atoms with Crippen LogP contribution in [-0.4, -0.2) is 98.9 Å². The number of Topliss-reactive ketones (excluding diaryl/α,β-unsaturated/α-hetero) is 1. The summed E-state index contributed by atoms with van der Waals surface area (Å²) in [6.45, 7) is 14.6. The molecule has 106 heavy (non-hydrogen) atoms. The number of methoxy groups -OCH3 is 1. The summed E-state index contributed by atoms with van der Waals surface area (Å²) in [6, 6.07) is 52.3. The van der Waals surface area contributed by atoms with Crippen molar-refractivity contribution in [2.24, 2.45) is 26.9 Å². The predicted molar refractivity (Wildman–Crippen MR) is 445 cm³/mol. The van der Waals surface area contributed by atoms with Gasteiger partial charge in [0, 0.05) is 90.8 Å². The number of nitrogens with zero attached hydrogens (tertiary/aromatic N) is 10. The largest absolute Gasteiger partial charge is 0.505 e. The van der Waals surface area contributed by atoms with E-state index in [0.29, 0.717) is 50.9 Å². The molecular formula is C77H98F6I2N16O2S3. The van der Waals surface area contributed by atoms with Crippen LogP contribution in [0.15, 0.2) is 226 Å². The average molecular weight is 1740 g/mol. The molecular weight excluding hydrogens is 1640 g/mol. The summed E-state index contributed by atoms with van der Waals surface area (Å²) in [7, 11) is 11.7. The third-order valence-corrected chi connectivity index (χ3v) is 16.8. The number of carbonyl (C=O) groups excluding carboxylic acids is 1. The number of anilines is 2. The van der Waals surface area contributed by atoms with Crippen LogP contribution in [0.2, 0.25) is 0 Å². The number of aromatic amines is 2. The summed E-state index contributed by atoms with van der Waals surface area (Å²) in [6.07, 6.45) is 17.1. The zero-order valence-corrected chi connectivity index (χ0v) is 69.0. The lowest BCUT2D eigenvalue weighted by molar-refractivity contribution is -0.134. The Morgan fingerprint density at radius 1 is 0.528 bits per heavy atom. The molecule has 18 nitrogen and oxygen atoms in total. The van der Waals surface area contributed by atoms with Crippen molar-refractivity contribution in [2.75, 3.05) is 38.9 Å². The highest BCUT2D eigenvalue weighted by Crippen LogP contribution is 2.43. The number of alkyl halides is 6. The van der Waals surface area contributed by atoms with E-state index in [1.54, 1.807) is 62.5 Å². The van der Waals surface area contributed by atoms with Gasteiger partial charge < -0.3 is 26.4 Å². The maximum Gasteiger partial charge on any atom is 0.427 e. The Balaban J connectivity index is 0.000000590. The lowest BCUT2D eigenvalue weighted by Crippen LogP contribution is -2.24. The molecule has 0 bridgehead atoms. The van der Waals surface area contributed by atoms with Crippen molar-refractivity contribution in [3.05, 3.63) is 276 Å². The monoisotopic (exact) mass is 1740 g/mol. The normalized spacial score (nSPS) is 9.91. The highest BCUT2D eigenvalue weighted by Gasteiger charge is 2.39. The second-order valence-corrected chi connectivity index (χ2v) is 26.2. The number of halogens is 8. The summed E-state index contributed by atoms with van der Waals surface area (Å²) in [4.78, 5) is 17.3. The van der Waals surface area contributed by atoms with Crippen LogP contribution in [0.5, 0.6) is 0 Å². The number of allylic oxidation sites excluding steroid dienone is 1. The summed E-state index contributed by atoms with van der Waals surface area (Å²) < 4.78 is 88.2. The topological polar surface area (TPSA) is 225 Å². The van der Waals surface area contributed by atoms with Gasteiger partial charge in [0.15, 0.2) is 21.2 Å². The Kier molecular flexibility index (Phi) is 50.4. The number of nitrogens with two attached hydrogens (primary N) is 1. The molecule has 0 spiro atoms. The van der Waals surface area contributed by atoms with Crippen LogP contribution in [-0.2, 0) is 70.3 Å². The van der Waals surface area contributed by atoms with E-state index < -0.39 is 22.1 Å². The zero-order chi connectivity index (χ0) is 79.1. The molecule has 0 saturated carbocycles. The smallest absolute Gasteiger partial charge is 0.427 e. The van der Waals surface area contributed by atoms with Gasteiger partial charge in [0.2, 0.25) is 0 Å². The van der Waals surface area contributed by atoms with Crippen molar-refractivity contribution in [1.29, 1.82) is 0 Å². The number of hydrogen-bond donors (Lipinski definition) is 6. The summed E-state index contributed by atoms with van der Waals surface area (Å²) in [5.74, 6) is 0.146.